The lowest BCUT2D eigenvalue weighted by molar-refractivity contribution is 0.407. The highest BCUT2D eigenvalue weighted by molar-refractivity contribution is 5.86. The number of nitrogens with one attached hydrogen (secondary N) is 2. The largest absolute Gasteiger partial charge is 0.497 e. The molecule has 0 aliphatic carbocycles. The minimum atomic E-state index is 0.167. The predicted molar refractivity (Wildman–Crippen MR) is 105 cm³/mol. The van der Waals surface area contributed by atoms with Gasteiger partial charge in [-0.15, -0.1) is 0 Å². The Balaban J connectivity index is 1.82. The zero-order valence-corrected chi connectivity index (χ0v) is 15.8. The third kappa shape index (κ3) is 2.74. The Hall–Kier alpha value is -2.46. The van der Waals surface area contributed by atoms with Crippen molar-refractivity contribution in [1.82, 2.24) is 10.3 Å². The average Bonchev–Trinajstić information content (AvgIpc) is 3.05. The second kappa shape index (κ2) is 6.69. The van der Waals surface area contributed by atoms with Crippen molar-refractivity contribution in [1.29, 1.82) is 0 Å². The Morgan fingerprint density at radius 2 is 1.88 bits per heavy atom. The van der Waals surface area contributed by atoms with Crippen molar-refractivity contribution in [2.75, 3.05) is 20.8 Å². The summed E-state index contributed by atoms with van der Waals surface area (Å²) in [7, 11) is 3.46. The van der Waals surface area contributed by atoms with Gasteiger partial charge in [0.1, 0.15) is 11.5 Å². The van der Waals surface area contributed by atoms with Crippen LogP contribution in [0.3, 0.4) is 0 Å². The van der Waals surface area contributed by atoms with Gasteiger partial charge in [0.05, 0.1) is 20.3 Å². The number of ether oxygens (including phenoxy) is 2. The zero-order valence-electron chi connectivity index (χ0n) is 15.8. The molecule has 1 atom stereocenters. The molecule has 0 amide bonds. The molecule has 0 saturated heterocycles. The van der Waals surface area contributed by atoms with Gasteiger partial charge in [-0.05, 0) is 59.4 Å². The number of benzene rings is 2. The lowest BCUT2D eigenvalue weighted by Gasteiger charge is -2.26. The summed E-state index contributed by atoms with van der Waals surface area (Å²) in [6.45, 7) is 5.37. The molecule has 1 aliphatic heterocycles. The number of aromatic nitrogens is 1. The van der Waals surface area contributed by atoms with Crippen molar-refractivity contribution in [2.45, 2.75) is 32.2 Å². The number of fused-ring (bicyclic) bond motifs is 3. The molecule has 0 bridgehead atoms. The first-order valence-electron chi connectivity index (χ1n) is 9.22. The first-order chi connectivity index (χ1) is 12.6. The predicted octanol–water partition coefficient (Wildman–Crippen LogP) is 4.54. The van der Waals surface area contributed by atoms with Gasteiger partial charge in [-0.1, -0.05) is 19.9 Å². The Morgan fingerprint density at radius 1 is 1.04 bits per heavy atom. The van der Waals surface area contributed by atoms with E-state index in [1.807, 2.05) is 6.07 Å². The molecule has 2 N–H and O–H groups in total. The normalized spacial score (nSPS) is 16.7. The summed E-state index contributed by atoms with van der Waals surface area (Å²) in [6, 6.07) is 13.0. The Morgan fingerprint density at radius 3 is 2.62 bits per heavy atom. The molecule has 136 valence electrons. The molecule has 3 aromatic rings. The average molecular weight is 350 g/mol. The van der Waals surface area contributed by atoms with Gasteiger partial charge in [0, 0.05) is 23.1 Å². The van der Waals surface area contributed by atoms with Gasteiger partial charge < -0.3 is 19.8 Å². The number of rotatable bonds is 4. The molecular weight excluding hydrogens is 324 g/mol. The van der Waals surface area contributed by atoms with E-state index in [2.05, 4.69) is 54.5 Å². The molecule has 1 aliphatic rings. The second-order valence-electron chi connectivity index (χ2n) is 7.22. The van der Waals surface area contributed by atoms with E-state index in [0.29, 0.717) is 5.92 Å². The minimum absolute atomic E-state index is 0.167. The van der Waals surface area contributed by atoms with Crippen LogP contribution in [0.4, 0.5) is 0 Å². The van der Waals surface area contributed by atoms with Crippen molar-refractivity contribution < 1.29 is 9.47 Å². The highest BCUT2D eigenvalue weighted by atomic mass is 16.5. The second-order valence-corrected chi connectivity index (χ2v) is 7.22. The van der Waals surface area contributed by atoms with Crippen LogP contribution in [0, 0.1) is 0 Å². The van der Waals surface area contributed by atoms with Crippen molar-refractivity contribution in [2.24, 2.45) is 0 Å². The number of methoxy groups -OCH3 is 2. The lowest BCUT2D eigenvalue weighted by atomic mass is 9.91. The maximum Gasteiger partial charge on any atom is 0.122 e. The molecule has 0 saturated carbocycles. The van der Waals surface area contributed by atoms with Crippen LogP contribution in [0.5, 0.6) is 11.5 Å². The molecule has 1 aromatic heterocycles. The monoisotopic (exact) mass is 350 g/mol. The van der Waals surface area contributed by atoms with Gasteiger partial charge >= 0.3 is 0 Å². The number of hydrogen-bond donors (Lipinski definition) is 2. The van der Waals surface area contributed by atoms with Gasteiger partial charge in [-0.2, -0.15) is 0 Å². The third-order valence-electron chi connectivity index (χ3n) is 5.37. The highest BCUT2D eigenvalue weighted by Crippen LogP contribution is 2.37. The smallest absolute Gasteiger partial charge is 0.122 e. The Bertz CT molecular complexity index is 943. The van der Waals surface area contributed by atoms with Gasteiger partial charge in [0.15, 0.2) is 0 Å². The molecule has 4 rings (SSSR count). The van der Waals surface area contributed by atoms with E-state index in [1.54, 1.807) is 14.2 Å². The minimum Gasteiger partial charge on any atom is -0.497 e. The summed E-state index contributed by atoms with van der Waals surface area (Å²) < 4.78 is 11.0. The van der Waals surface area contributed by atoms with Crippen LogP contribution in [0.2, 0.25) is 0 Å². The number of H-pyrrole nitrogens is 1. The van der Waals surface area contributed by atoms with Crippen molar-refractivity contribution in [3.05, 3.63) is 58.8 Å². The first-order valence-corrected chi connectivity index (χ1v) is 9.22. The van der Waals surface area contributed by atoms with Crippen LogP contribution in [-0.2, 0) is 6.42 Å². The summed E-state index contributed by atoms with van der Waals surface area (Å²) in [5.74, 6) is 2.28. The lowest BCUT2D eigenvalue weighted by Crippen LogP contribution is -2.30. The summed E-state index contributed by atoms with van der Waals surface area (Å²) >= 11 is 0. The zero-order chi connectivity index (χ0) is 18.3. The van der Waals surface area contributed by atoms with Crippen molar-refractivity contribution in [3.8, 4) is 11.5 Å². The van der Waals surface area contributed by atoms with Gasteiger partial charge in [-0.25, -0.2) is 0 Å². The summed E-state index contributed by atoms with van der Waals surface area (Å²) in [4.78, 5) is 3.64. The van der Waals surface area contributed by atoms with E-state index < -0.39 is 0 Å². The number of aromatic amines is 1. The summed E-state index contributed by atoms with van der Waals surface area (Å²) in [6.07, 6.45) is 1.02. The Kier molecular flexibility index (Phi) is 4.37. The van der Waals surface area contributed by atoms with Crippen LogP contribution in [0.1, 0.15) is 48.2 Å². The maximum absolute atomic E-state index is 5.55. The topological polar surface area (TPSA) is 46.3 Å². The van der Waals surface area contributed by atoms with E-state index in [0.717, 1.165) is 24.5 Å². The number of hydrogen-bond acceptors (Lipinski definition) is 3. The highest BCUT2D eigenvalue weighted by Gasteiger charge is 2.26. The molecule has 4 nitrogen and oxygen atoms in total. The van der Waals surface area contributed by atoms with E-state index in [9.17, 15) is 0 Å². The molecule has 0 spiro atoms. The van der Waals surface area contributed by atoms with E-state index in [4.69, 9.17) is 9.47 Å². The van der Waals surface area contributed by atoms with Crippen LogP contribution < -0.4 is 14.8 Å². The summed E-state index contributed by atoms with van der Waals surface area (Å²) in [5, 5.41) is 4.95. The van der Waals surface area contributed by atoms with Gasteiger partial charge in [-0.3, -0.25) is 0 Å². The molecule has 2 aromatic carbocycles. The fraction of sp³-hybridized carbons (Fsp3) is 0.364. The fourth-order valence-corrected chi connectivity index (χ4v) is 4.00. The van der Waals surface area contributed by atoms with Crippen LogP contribution >= 0.6 is 0 Å². The quantitative estimate of drug-likeness (QED) is 0.726. The fourth-order valence-electron chi connectivity index (χ4n) is 4.00. The molecule has 0 radical (unpaired) electrons. The van der Waals surface area contributed by atoms with Crippen LogP contribution in [0.15, 0.2) is 36.4 Å². The standard InChI is InChI=1S/C22H26N2O2/c1-13(2)17-11-14(5-8-20(17)26-4)21-22-16(9-10-23-21)18-12-15(25-3)6-7-19(18)24-22/h5-8,11-13,21,23-24H,9-10H2,1-4H3. The molecular formula is C22H26N2O2. The van der Waals surface area contributed by atoms with E-state index >= 15 is 0 Å². The molecule has 1 unspecified atom stereocenters. The van der Waals surface area contributed by atoms with Gasteiger partial charge in [0.2, 0.25) is 0 Å². The van der Waals surface area contributed by atoms with Crippen LogP contribution in [-0.4, -0.2) is 25.7 Å². The van der Waals surface area contributed by atoms with Gasteiger partial charge in [0.25, 0.3) is 0 Å². The van der Waals surface area contributed by atoms with E-state index in [-0.39, 0.29) is 6.04 Å². The molecule has 26 heavy (non-hydrogen) atoms. The molecule has 0 fully saturated rings. The van der Waals surface area contributed by atoms with E-state index in [1.165, 1.54) is 33.3 Å². The summed E-state index contributed by atoms with van der Waals surface area (Å²) in [5.41, 5.74) is 6.34. The molecule has 2 heterocycles. The Labute approximate surface area is 154 Å². The van der Waals surface area contributed by atoms with Crippen molar-refractivity contribution >= 4 is 10.9 Å². The van der Waals surface area contributed by atoms with Crippen molar-refractivity contribution in [3.63, 3.8) is 0 Å². The SMILES string of the molecule is COc1ccc2[nH]c3c(c2c1)CCNC3c1ccc(OC)c(C(C)C)c1. The maximum atomic E-state index is 5.55. The van der Waals surface area contributed by atoms with Crippen LogP contribution in [0.25, 0.3) is 10.9 Å². The third-order valence-corrected chi connectivity index (χ3v) is 5.37. The first kappa shape index (κ1) is 17.0. The molecule has 4 heteroatoms.